The number of rotatable bonds is 5. The van der Waals surface area contributed by atoms with Crippen LogP contribution in [0.2, 0.25) is 0 Å². The highest BCUT2D eigenvalue weighted by molar-refractivity contribution is 7.95. The first-order valence-electron chi connectivity index (χ1n) is 12.3. The Kier molecular flexibility index (Phi) is 8.40. The van der Waals surface area contributed by atoms with Crippen molar-refractivity contribution in [3.05, 3.63) is 48.0 Å². The number of ether oxygens (including phenoxy) is 1. The van der Waals surface area contributed by atoms with Crippen LogP contribution in [-0.2, 0) is 24.9 Å². The molecule has 2 aromatic heterocycles. The summed E-state index contributed by atoms with van der Waals surface area (Å²) in [5.74, 6) is -4.86. The van der Waals surface area contributed by atoms with Crippen LogP contribution in [0.3, 0.4) is 0 Å². The molecule has 44 heavy (non-hydrogen) atoms. The van der Waals surface area contributed by atoms with Crippen molar-refractivity contribution in [3.8, 4) is 28.6 Å². The number of hydrogen-bond donors (Lipinski definition) is 1. The molecule has 0 radical (unpaired) electrons. The third-order valence-corrected chi connectivity index (χ3v) is 9.86. The van der Waals surface area contributed by atoms with Gasteiger partial charge in [0.15, 0.2) is 11.6 Å². The lowest BCUT2D eigenvalue weighted by Gasteiger charge is -2.41. The Morgan fingerprint density at radius 2 is 1.80 bits per heavy atom. The SMILES string of the molecule is COc1cnc(-c2cc(-c3ccc(F)c([C@]4(C)C[S@](=O)(=NCC(F)(F)F)C(C)(C)C(NOC(=O)C(F)(F)F)=N4)c3)on2)cn1. The van der Waals surface area contributed by atoms with Crippen molar-refractivity contribution in [1.82, 2.24) is 20.6 Å². The van der Waals surface area contributed by atoms with Gasteiger partial charge in [-0.05, 0) is 39.0 Å². The third-order valence-electron chi connectivity index (χ3n) is 6.57. The Hall–Kier alpha value is -4.29. The van der Waals surface area contributed by atoms with Gasteiger partial charge in [0, 0.05) is 17.2 Å². The fourth-order valence-corrected chi connectivity index (χ4v) is 6.63. The summed E-state index contributed by atoms with van der Waals surface area (Å²) in [6.07, 6.45) is -7.66. The average Bonchev–Trinajstić information content (AvgIpc) is 3.43. The summed E-state index contributed by atoms with van der Waals surface area (Å²) in [6, 6.07) is 4.91. The summed E-state index contributed by atoms with van der Waals surface area (Å²) in [6.45, 7) is 1.50. The Labute approximate surface area is 245 Å². The molecule has 4 rings (SSSR count). The van der Waals surface area contributed by atoms with E-state index in [9.17, 15) is 35.3 Å². The molecule has 0 saturated heterocycles. The van der Waals surface area contributed by atoms with Crippen LogP contribution >= 0.6 is 0 Å². The first-order valence-corrected chi connectivity index (χ1v) is 14.0. The summed E-state index contributed by atoms with van der Waals surface area (Å²) in [7, 11) is -2.71. The largest absolute Gasteiger partial charge is 0.493 e. The zero-order valence-electron chi connectivity index (χ0n) is 23.2. The molecular formula is C25H23F7N6O5S. The zero-order valence-corrected chi connectivity index (χ0v) is 24.0. The van der Waals surface area contributed by atoms with Gasteiger partial charge in [-0.1, -0.05) is 5.16 Å². The topological polar surface area (TPSA) is 141 Å². The minimum atomic E-state index is -5.45. The van der Waals surface area contributed by atoms with Crippen LogP contribution in [0.15, 0.2) is 50.5 Å². The van der Waals surface area contributed by atoms with Gasteiger partial charge in [0.2, 0.25) is 5.88 Å². The fraction of sp³-hybridized carbons (Fsp3) is 0.400. The van der Waals surface area contributed by atoms with Crippen LogP contribution in [0.1, 0.15) is 26.3 Å². The molecule has 11 nitrogen and oxygen atoms in total. The minimum absolute atomic E-state index is 0.0857. The molecule has 1 aromatic carbocycles. The molecule has 0 saturated carbocycles. The third kappa shape index (κ3) is 6.61. The molecule has 0 unspecified atom stereocenters. The quantitative estimate of drug-likeness (QED) is 0.298. The van der Waals surface area contributed by atoms with Gasteiger partial charge >= 0.3 is 18.3 Å². The lowest BCUT2D eigenvalue weighted by molar-refractivity contribution is -0.204. The number of carbonyl (C=O) groups excluding carboxylic acids is 1. The number of amidine groups is 1. The minimum Gasteiger partial charge on any atom is -0.480 e. The molecule has 238 valence electrons. The van der Waals surface area contributed by atoms with Crippen molar-refractivity contribution in [3.63, 3.8) is 0 Å². The Morgan fingerprint density at radius 1 is 1.09 bits per heavy atom. The van der Waals surface area contributed by atoms with Gasteiger partial charge in [0.05, 0.1) is 35.0 Å². The van der Waals surface area contributed by atoms with Crippen molar-refractivity contribution in [1.29, 1.82) is 0 Å². The van der Waals surface area contributed by atoms with Crippen LogP contribution in [0.4, 0.5) is 30.7 Å². The number of hydroxylamine groups is 1. The van der Waals surface area contributed by atoms with Gasteiger partial charge in [-0.2, -0.15) is 26.3 Å². The number of halogens is 7. The number of methoxy groups -OCH3 is 1. The van der Waals surface area contributed by atoms with Gasteiger partial charge < -0.3 is 14.1 Å². The van der Waals surface area contributed by atoms with Gasteiger partial charge in [0.1, 0.15) is 34.0 Å². The number of hydrogen-bond acceptors (Lipinski definition) is 11. The molecule has 0 fully saturated rings. The number of nitrogens with zero attached hydrogens (tertiary/aromatic N) is 5. The fourth-order valence-electron chi connectivity index (χ4n) is 4.12. The summed E-state index contributed by atoms with van der Waals surface area (Å²) < 4.78 is 119. The van der Waals surface area contributed by atoms with E-state index in [4.69, 9.17) is 9.26 Å². The number of nitrogens with one attached hydrogen (secondary N) is 1. The predicted molar refractivity (Wildman–Crippen MR) is 140 cm³/mol. The maximum atomic E-state index is 15.4. The van der Waals surface area contributed by atoms with E-state index in [1.54, 1.807) is 5.48 Å². The van der Waals surface area contributed by atoms with E-state index < -0.39 is 62.3 Å². The summed E-state index contributed by atoms with van der Waals surface area (Å²) in [5, 5.41) is 3.90. The van der Waals surface area contributed by atoms with Gasteiger partial charge in [-0.3, -0.25) is 4.99 Å². The Morgan fingerprint density at radius 3 is 2.39 bits per heavy atom. The number of benzene rings is 1. The first-order chi connectivity index (χ1) is 20.3. The molecular weight excluding hydrogens is 629 g/mol. The lowest BCUT2D eigenvalue weighted by atomic mass is 9.91. The van der Waals surface area contributed by atoms with E-state index in [2.05, 4.69) is 29.3 Å². The van der Waals surface area contributed by atoms with Crippen molar-refractivity contribution in [2.24, 2.45) is 9.36 Å². The number of aliphatic imine (C=N–C) groups is 1. The molecule has 1 aliphatic heterocycles. The van der Waals surface area contributed by atoms with Crippen LogP contribution in [-0.4, -0.2) is 67.6 Å². The summed E-state index contributed by atoms with van der Waals surface area (Å²) in [5.41, 5.74) is 0.0704. The molecule has 0 bridgehead atoms. The van der Waals surface area contributed by atoms with Gasteiger partial charge in [0.25, 0.3) is 0 Å². The number of alkyl halides is 6. The lowest BCUT2D eigenvalue weighted by Crippen LogP contribution is -2.57. The van der Waals surface area contributed by atoms with E-state index in [1.165, 1.54) is 44.6 Å². The van der Waals surface area contributed by atoms with E-state index in [0.717, 1.165) is 19.9 Å². The van der Waals surface area contributed by atoms with E-state index >= 15 is 4.39 Å². The zero-order chi connectivity index (χ0) is 32.7. The second-order valence-electron chi connectivity index (χ2n) is 10.1. The summed E-state index contributed by atoms with van der Waals surface area (Å²) in [4.78, 5) is 27.8. The van der Waals surface area contributed by atoms with Crippen LogP contribution in [0, 0.1) is 5.82 Å². The molecule has 0 aliphatic carbocycles. The van der Waals surface area contributed by atoms with E-state index in [1.807, 2.05) is 0 Å². The molecule has 3 aromatic rings. The highest BCUT2D eigenvalue weighted by Gasteiger charge is 2.51. The average molecular weight is 653 g/mol. The molecule has 3 heterocycles. The van der Waals surface area contributed by atoms with Gasteiger partial charge in [-0.25, -0.2) is 33.2 Å². The maximum Gasteiger partial charge on any atom is 0.493 e. The van der Waals surface area contributed by atoms with Gasteiger partial charge in [-0.15, -0.1) is 0 Å². The molecule has 2 atom stereocenters. The molecule has 0 amide bonds. The van der Waals surface area contributed by atoms with Crippen LogP contribution < -0.4 is 10.2 Å². The molecule has 1 N–H and O–H groups in total. The van der Waals surface area contributed by atoms with E-state index in [-0.39, 0.29) is 28.5 Å². The highest BCUT2D eigenvalue weighted by Crippen LogP contribution is 2.41. The van der Waals surface area contributed by atoms with Crippen molar-refractivity contribution < 1.29 is 53.8 Å². The Balaban J connectivity index is 1.80. The van der Waals surface area contributed by atoms with Crippen LogP contribution in [0.5, 0.6) is 5.88 Å². The predicted octanol–water partition coefficient (Wildman–Crippen LogP) is 4.99. The van der Waals surface area contributed by atoms with E-state index in [0.29, 0.717) is 5.69 Å². The van der Waals surface area contributed by atoms with Crippen molar-refractivity contribution in [2.75, 3.05) is 19.4 Å². The number of carbonyl (C=O) groups is 1. The first kappa shape index (κ1) is 32.6. The van der Waals surface area contributed by atoms with Crippen molar-refractivity contribution >= 4 is 21.5 Å². The molecule has 1 aliphatic rings. The molecule has 0 spiro atoms. The number of aromatic nitrogens is 3. The summed E-state index contributed by atoms with van der Waals surface area (Å²) >= 11 is 0. The maximum absolute atomic E-state index is 15.4. The van der Waals surface area contributed by atoms with Crippen LogP contribution in [0.25, 0.3) is 22.7 Å². The standard InChI is InChI=1S/C25H23F7N6O5S/c1-22(2)20(38-43-21(39)25(30,31)32)36-23(3,12-44(22,40)35-11-24(27,28)29)14-7-13(5-6-15(14)26)18-8-16(37-42-18)17-9-34-19(41-4)10-33-17/h5-10H,11-12H2,1-4H3,(H,36,38)/t23-,44+/m0/s1. The van der Waals surface area contributed by atoms with Crippen molar-refractivity contribution in [2.45, 2.75) is 43.4 Å². The Bertz CT molecular complexity index is 1710. The monoisotopic (exact) mass is 652 g/mol. The second kappa shape index (κ2) is 11.3. The molecule has 19 heteroatoms. The second-order valence-corrected chi connectivity index (χ2v) is 13.0. The normalized spacial score (nSPS) is 21.8. The smallest absolute Gasteiger partial charge is 0.480 e. The highest BCUT2D eigenvalue weighted by atomic mass is 32.2.